The number of aliphatic hydroxyl groups is 1. The van der Waals surface area contributed by atoms with Crippen LogP contribution in [-0.4, -0.2) is 31.2 Å². The average molecular weight is 293 g/mol. The van der Waals surface area contributed by atoms with E-state index in [4.69, 9.17) is 4.52 Å². The van der Waals surface area contributed by atoms with Crippen LogP contribution in [0.25, 0.3) is 0 Å². The Morgan fingerprint density at radius 3 is 2.76 bits per heavy atom. The van der Waals surface area contributed by atoms with E-state index in [2.05, 4.69) is 20.8 Å². The highest BCUT2D eigenvalue weighted by molar-refractivity contribution is 5.89. The Morgan fingerprint density at radius 2 is 2.24 bits per heavy atom. The van der Waals surface area contributed by atoms with E-state index in [-0.39, 0.29) is 18.4 Å². The van der Waals surface area contributed by atoms with Crippen LogP contribution >= 0.6 is 0 Å². The second kappa shape index (κ2) is 5.65. The fraction of sp³-hybridized carbons (Fsp3) is 0.538. The molecule has 2 heterocycles. The zero-order valence-corrected chi connectivity index (χ0v) is 12.5. The maximum atomic E-state index is 11.9. The van der Waals surface area contributed by atoms with E-state index in [1.54, 1.807) is 19.9 Å². The third-order valence-electron chi connectivity index (χ3n) is 2.85. The van der Waals surface area contributed by atoms with Crippen molar-refractivity contribution >= 4 is 11.8 Å². The van der Waals surface area contributed by atoms with E-state index in [0.717, 1.165) is 5.69 Å². The normalized spacial score (nSPS) is 11.9. The quantitative estimate of drug-likeness (QED) is 0.859. The zero-order chi connectivity index (χ0) is 15.6. The molecule has 0 fully saturated rings. The van der Waals surface area contributed by atoms with Crippen molar-refractivity contribution in [2.24, 2.45) is 0 Å². The molecule has 2 aromatic heterocycles. The summed E-state index contributed by atoms with van der Waals surface area (Å²) in [5.74, 6) is 0.212. The first-order chi connectivity index (χ1) is 9.75. The first-order valence-corrected chi connectivity index (χ1v) is 6.65. The first kappa shape index (κ1) is 15.2. The van der Waals surface area contributed by atoms with Gasteiger partial charge >= 0.3 is 0 Å². The number of carbonyl (C=O) groups excluding carboxylic acids is 1. The lowest BCUT2D eigenvalue weighted by Crippen LogP contribution is -2.19. The predicted octanol–water partition coefficient (Wildman–Crippen LogP) is 1.26. The SMILES string of the molecule is CC(C)c1cc(NC(=O)Cn2cc(C(C)(C)O)nn2)on1. The monoisotopic (exact) mass is 293 g/mol. The summed E-state index contributed by atoms with van der Waals surface area (Å²) in [6, 6.07) is 1.69. The summed E-state index contributed by atoms with van der Waals surface area (Å²) in [5.41, 5.74) is 0.0821. The number of rotatable bonds is 5. The highest BCUT2D eigenvalue weighted by atomic mass is 16.5. The molecule has 0 aliphatic rings. The number of hydrogen-bond donors (Lipinski definition) is 2. The molecule has 2 aromatic rings. The second-order valence-electron chi connectivity index (χ2n) is 5.68. The van der Waals surface area contributed by atoms with Crippen molar-refractivity contribution in [3.63, 3.8) is 0 Å². The van der Waals surface area contributed by atoms with Gasteiger partial charge in [0.05, 0.1) is 11.9 Å². The smallest absolute Gasteiger partial charge is 0.248 e. The number of carbonyl (C=O) groups is 1. The second-order valence-corrected chi connectivity index (χ2v) is 5.68. The molecule has 0 aromatic carbocycles. The molecule has 0 saturated carbocycles. The molecule has 21 heavy (non-hydrogen) atoms. The van der Waals surface area contributed by atoms with Gasteiger partial charge in [-0.2, -0.15) is 0 Å². The van der Waals surface area contributed by atoms with E-state index in [1.807, 2.05) is 13.8 Å². The number of aromatic nitrogens is 4. The zero-order valence-electron chi connectivity index (χ0n) is 12.5. The molecule has 0 unspecified atom stereocenters. The van der Waals surface area contributed by atoms with Gasteiger partial charge in [-0.1, -0.05) is 24.2 Å². The van der Waals surface area contributed by atoms with E-state index < -0.39 is 5.60 Å². The van der Waals surface area contributed by atoms with Gasteiger partial charge in [0.25, 0.3) is 0 Å². The standard InChI is InChI=1S/C13H19N5O3/c1-8(2)9-5-12(21-16-9)14-11(19)7-18-6-10(15-17-18)13(3,4)20/h5-6,8,20H,7H2,1-4H3,(H,14,19). The molecule has 2 rings (SSSR count). The molecule has 0 saturated heterocycles. The minimum Gasteiger partial charge on any atom is -0.384 e. The third-order valence-corrected chi connectivity index (χ3v) is 2.85. The topological polar surface area (TPSA) is 106 Å². The third kappa shape index (κ3) is 3.88. The van der Waals surface area contributed by atoms with Crippen LogP contribution in [0.3, 0.4) is 0 Å². The Hall–Kier alpha value is -2.22. The molecule has 8 nitrogen and oxygen atoms in total. The highest BCUT2D eigenvalue weighted by Crippen LogP contribution is 2.18. The average Bonchev–Trinajstić information content (AvgIpc) is 2.97. The lowest BCUT2D eigenvalue weighted by Gasteiger charge is -2.11. The Balaban J connectivity index is 1.96. The van der Waals surface area contributed by atoms with E-state index in [0.29, 0.717) is 11.6 Å². The highest BCUT2D eigenvalue weighted by Gasteiger charge is 2.20. The Labute approximate surface area is 122 Å². The summed E-state index contributed by atoms with van der Waals surface area (Å²) in [7, 11) is 0. The summed E-state index contributed by atoms with van der Waals surface area (Å²) in [5, 5.41) is 23.9. The molecule has 114 valence electrons. The Kier molecular flexibility index (Phi) is 4.08. The van der Waals surface area contributed by atoms with Crippen molar-refractivity contribution < 1.29 is 14.4 Å². The summed E-state index contributed by atoms with van der Waals surface area (Å²) in [6.07, 6.45) is 1.53. The van der Waals surface area contributed by atoms with Gasteiger partial charge in [-0.25, -0.2) is 4.68 Å². The fourth-order valence-electron chi connectivity index (χ4n) is 1.60. The van der Waals surface area contributed by atoms with Crippen molar-refractivity contribution in [2.45, 2.75) is 45.8 Å². The van der Waals surface area contributed by atoms with Gasteiger partial charge in [-0.3, -0.25) is 10.1 Å². The number of hydrogen-bond acceptors (Lipinski definition) is 6. The largest absolute Gasteiger partial charge is 0.384 e. The van der Waals surface area contributed by atoms with Crippen LogP contribution in [0.15, 0.2) is 16.8 Å². The summed E-state index contributed by atoms with van der Waals surface area (Å²) >= 11 is 0. The number of nitrogens with one attached hydrogen (secondary N) is 1. The molecular formula is C13H19N5O3. The van der Waals surface area contributed by atoms with Gasteiger partial charge in [0.2, 0.25) is 11.8 Å². The molecule has 1 amide bonds. The van der Waals surface area contributed by atoms with E-state index in [9.17, 15) is 9.90 Å². The fourth-order valence-corrected chi connectivity index (χ4v) is 1.60. The molecule has 0 spiro atoms. The molecule has 0 aliphatic heterocycles. The number of nitrogens with zero attached hydrogens (tertiary/aromatic N) is 4. The summed E-state index contributed by atoms with van der Waals surface area (Å²) < 4.78 is 6.38. The molecule has 0 aliphatic carbocycles. The van der Waals surface area contributed by atoms with Crippen molar-refractivity contribution in [2.75, 3.05) is 5.32 Å². The minimum absolute atomic E-state index is 0.0270. The van der Waals surface area contributed by atoms with Gasteiger partial charge in [0.1, 0.15) is 17.8 Å². The Bertz CT molecular complexity index is 624. The van der Waals surface area contributed by atoms with Crippen LogP contribution in [0.5, 0.6) is 0 Å². The maximum absolute atomic E-state index is 11.9. The van der Waals surface area contributed by atoms with Crippen molar-refractivity contribution in [1.82, 2.24) is 20.2 Å². The molecule has 8 heteroatoms. The number of amides is 1. The van der Waals surface area contributed by atoms with Gasteiger partial charge < -0.3 is 9.63 Å². The summed E-state index contributed by atoms with van der Waals surface area (Å²) in [4.78, 5) is 11.9. The first-order valence-electron chi connectivity index (χ1n) is 6.65. The molecule has 0 bridgehead atoms. The molecular weight excluding hydrogens is 274 g/mol. The van der Waals surface area contributed by atoms with Crippen LogP contribution < -0.4 is 5.32 Å². The molecule has 0 atom stereocenters. The van der Waals surface area contributed by atoms with Crippen molar-refractivity contribution in [3.05, 3.63) is 23.7 Å². The van der Waals surface area contributed by atoms with Crippen LogP contribution in [0.1, 0.15) is 45.0 Å². The van der Waals surface area contributed by atoms with Crippen LogP contribution in [0, 0.1) is 0 Å². The lowest BCUT2D eigenvalue weighted by molar-refractivity contribution is -0.117. The van der Waals surface area contributed by atoms with Crippen molar-refractivity contribution in [1.29, 1.82) is 0 Å². The summed E-state index contributed by atoms with van der Waals surface area (Å²) in [6.45, 7) is 7.14. The Morgan fingerprint density at radius 1 is 1.52 bits per heavy atom. The van der Waals surface area contributed by atoms with E-state index in [1.165, 1.54) is 10.9 Å². The van der Waals surface area contributed by atoms with Crippen molar-refractivity contribution in [3.8, 4) is 0 Å². The number of anilines is 1. The lowest BCUT2D eigenvalue weighted by atomic mass is 10.1. The predicted molar refractivity (Wildman–Crippen MR) is 74.5 cm³/mol. The van der Waals surface area contributed by atoms with Crippen LogP contribution in [0.2, 0.25) is 0 Å². The van der Waals surface area contributed by atoms with Gasteiger partial charge in [0.15, 0.2) is 0 Å². The minimum atomic E-state index is -1.09. The van der Waals surface area contributed by atoms with Gasteiger partial charge in [-0.15, -0.1) is 5.10 Å². The van der Waals surface area contributed by atoms with Gasteiger partial charge in [0, 0.05) is 6.07 Å². The van der Waals surface area contributed by atoms with E-state index >= 15 is 0 Å². The van der Waals surface area contributed by atoms with Gasteiger partial charge in [-0.05, 0) is 19.8 Å². The van der Waals surface area contributed by atoms with Crippen LogP contribution in [0.4, 0.5) is 5.88 Å². The maximum Gasteiger partial charge on any atom is 0.248 e. The molecule has 0 radical (unpaired) electrons. The van der Waals surface area contributed by atoms with Crippen LogP contribution in [-0.2, 0) is 16.9 Å². The molecule has 2 N–H and O–H groups in total.